The summed E-state index contributed by atoms with van der Waals surface area (Å²) in [5, 5.41) is 2.92. The Hall–Kier alpha value is -2.10. The molecule has 0 saturated heterocycles. The van der Waals surface area contributed by atoms with E-state index in [1.54, 1.807) is 12.5 Å². The van der Waals surface area contributed by atoms with Crippen LogP contribution in [0.15, 0.2) is 41.1 Å². The Balaban J connectivity index is 1.55. The van der Waals surface area contributed by atoms with Gasteiger partial charge in [-0.3, -0.25) is 9.78 Å². The molecule has 0 unspecified atom stereocenters. The molecule has 0 atom stereocenters. The molecule has 2 aromatic heterocycles. The van der Waals surface area contributed by atoms with E-state index >= 15 is 0 Å². The minimum Gasteiger partial charge on any atom is -0.463 e. The number of aromatic nitrogens is 1. The van der Waals surface area contributed by atoms with Crippen LogP contribution in [-0.4, -0.2) is 10.9 Å². The number of furan rings is 1. The molecule has 3 rings (SSSR count). The fourth-order valence-electron chi connectivity index (χ4n) is 1.96. The van der Waals surface area contributed by atoms with Crippen molar-refractivity contribution in [2.45, 2.75) is 25.8 Å². The van der Waals surface area contributed by atoms with Crippen molar-refractivity contribution >= 4 is 5.91 Å². The van der Waals surface area contributed by atoms with Gasteiger partial charge in [0.1, 0.15) is 5.69 Å². The smallest absolute Gasteiger partial charge is 0.220 e. The SMILES string of the molecule is O=C(CC1CC1)NCc1ccc(-c2ccco2)nc1. The summed E-state index contributed by atoms with van der Waals surface area (Å²) < 4.78 is 5.28. The standard InChI is InChI=1S/C15H16N2O2/c18-15(8-11-3-4-11)17-10-12-5-6-13(16-9-12)14-2-1-7-19-14/h1-2,5-7,9,11H,3-4,8,10H2,(H,17,18). The van der Waals surface area contributed by atoms with E-state index in [1.807, 2.05) is 24.3 Å². The fraction of sp³-hybridized carbons (Fsp3) is 0.333. The third-order valence-electron chi connectivity index (χ3n) is 3.26. The van der Waals surface area contributed by atoms with Crippen molar-refractivity contribution < 1.29 is 9.21 Å². The molecule has 0 aromatic carbocycles. The Bertz CT molecular complexity index is 542. The van der Waals surface area contributed by atoms with Crippen molar-refractivity contribution in [3.8, 4) is 11.5 Å². The first-order valence-corrected chi connectivity index (χ1v) is 6.57. The lowest BCUT2D eigenvalue weighted by molar-refractivity contribution is -0.121. The van der Waals surface area contributed by atoms with Crippen LogP contribution < -0.4 is 5.32 Å². The van der Waals surface area contributed by atoms with Crippen LogP contribution in [0.5, 0.6) is 0 Å². The molecule has 0 radical (unpaired) electrons. The molecule has 1 amide bonds. The van der Waals surface area contributed by atoms with Gasteiger partial charge in [0.2, 0.25) is 5.91 Å². The molecule has 98 valence electrons. The number of hydrogen-bond acceptors (Lipinski definition) is 3. The maximum absolute atomic E-state index is 11.6. The molecule has 1 aliphatic rings. The van der Waals surface area contributed by atoms with Gasteiger partial charge >= 0.3 is 0 Å². The van der Waals surface area contributed by atoms with E-state index < -0.39 is 0 Å². The van der Waals surface area contributed by atoms with Gasteiger partial charge in [-0.2, -0.15) is 0 Å². The molecule has 1 aliphatic carbocycles. The largest absolute Gasteiger partial charge is 0.463 e. The number of nitrogens with zero attached hydrogens (tertiary/aromatic N) is 1. The van der Waals surface area contributed by atoms with Gasteiger partial charge in [-0.05, 0) is 42.5 Å². The molecular formula is C15H16N2O2. The first-order valence-electron chi connectivity index (χ1n) is 6.57. The molecule has 1 fully saturated rings. The molecule has 4 nitrogen and oxygen atoms in total. The number of amides is 1. The predicted octanol–water partition coefficient (Wildman–Crippen LogP) is 2.76. The third kappa shape index (κ3) is 3.22. The number of pyridine rings is 1. The van der Waals surface area contributed by atoms with Gasteiger partial charge in [0.15, 0.2) is 5.76 Å². The third-order valence-corrected chi connectivity index (χ3v) is 3.26. The van der Waals surface area contributed by atoms with Crippen molar-refractivity contribution in [1.82, 2.24) is 10.3 Å². The molecule has 19 heavy (non-hydrogen) atoms. The summed E-state index contributed by atoms with van der Waals surface area (Å²) in [5.41, 5.74) is 1.80. The number of hydrogen-bond donors (Lipinski definition) is 1. The van der Waals surface area contributed by atoms with Crippen LogP contribution in [-0.2, 0) is 11.3 Å². The van der Waals surface area contributed by atoms with E-state index in [1.165, 1.54) is 12.8 Å². The van der Waals surface area contributed by atoms with Gasteiger partial charge in [0.05, 0.1) is 6.26 Å². The summed E-state index contributed by atoms with van der Waals surface area (Å²) in [6, 6.07) is 7.58. The van der Waals surface area contributed by atoms with Crippen molar-refractivity contribution in [3.05, 3.63) is 42.3 Å². The van der Waals surface area contributed by atoms with E-state index in [0.717, 1.165) is 17.0 Å². The number of carbonyl (C=O) groups is 1. The maximum Gasteiger partial charge on any atom is 0.220 e. The fourth-order valence-corrected chi connectivity index (χ4v) is 1.96. The summed E-state index contributed by atoms with van der Waals surface area (Å²) in [4.78, 5) is 15.9. The summed E-state index contributed by atoms with van der Waals surface area (Å²) >= 11 is 0. The van der Waals surface area contributed by atoms with Crippen LogP contribution in [0.3, 0.4) is 0 Å². The topological polar surface area (TPSA) is 55.1 Å². The van der Waals surface area contributed by atoms with Crippen molar-refractivity contribution in [2.24, 2.45) is 5.92 Å². The minimum atomic E-state index is 0.137. The molecule has 1 N–H and O–H groups in total. The van der Waals surface area contributed by atoms with Gasteiger partial charge in [-0.25, -0.2) is 0 Å². The Morgan fingerprint density at radius 3 is 2.89 bits per heavy atom. The van der Waals surface area contributed by atoms with Gasteiger partial charge in [0, 0.05) is 19.2 Å². The van der Waals surface area contributed by atoms with Crippen LogP contribution in [0.25, 0.3) is 11.5 Å². The average molecular weight is 256 g/mol. The zero-order valence-corrected chi connectivity index (χ0v) is 10.6. The normalized spacial score (nSPS) is 14.3. The maximum atomic E-state index is 11.6. The van der Waals surface area contributed by atoms with Crippen LogP contribution in [0.1, 0.15) is 24.8 Å². The average Bonchev–Trinajstić information content (AvgIpc) is 3.07. The Morgan fingerprint density at radius 2 is 2.26 bits per heavy atom. The Labute approximate surface area is 111 Å². The highest BCUT2D eigenvalue weighted by Gasteiger charge is 2.24. The van der Waals surface area contributed by atoms with Gasteiger partial charge < -0.3 is 9.73 Å². The monoisotopic (exact) mass is 256 g/mol. The second-order valence-electron chi connectivity index (χ2n) is 4.95. The highest BCUT2D eigenvalue weighted by molar-refractivity contribution is 5.76. The van der Waals surface area contributed by atoms with Crippen LogP contribution in [0.4, 0.5) is 0 Å². The lowest BCUT2D eigenvalue weighted by Crippen LogP contribution is -2.22. The summed E-state index contributed by atoms with van der Waals surface area (Å²) in [6.07, 6.45) is 6.47. The number of nitrogens with one attached hydrogen (secondary N) is 1. The Morgan fingerprint density at radius 1 is 1.37 bits per heavy atom. The highest BCUT2D eigenvalue weighted by Crippen LogP contribution is 2.32. The second-order valence-corrected chi connectivity index (χ2v) is 4.95. The molecule has 0 aliphatic heterocycles. The molecule has 4 heteroatoms. The van der Waals surface area contributed by atoms with E-state index in [-0.39, 0.29) is 5.91 Å². The number of carbonyl (C=O) groups excluding carboxylic acids is 1. The first-order chi connectivity index (χ1) is 9.31. The van der Waals surface area contributed by atoms with Gasteiger partial charge in [-0.1, -0.05) is 6.07 Å². The van der Waals surface area contributed by atoms with Gasteiger partial charge in [-0.15, -0.1) is 0 Å². The summed E-state index contributed by atoms with van der Waals surface area (Å²) in [7, 11) is 0. The van der Waals surface area contributed by atoms with Crippen LogP contribution in [0.2, 0.25) is 0 Å². The summed E-state index contributed by atoms with van der Waals surface area (Å²) in [6.45, 7) is 0.539. The van der Waals surface area contributed by atoms with E-state index in [9.17, 15) is 4.79 Å². The lowest BCUT2D eigenvalue weighted by atomic mass is 10.2. The van der Waals surface area contributed by atoms with Crippen LogP contribution >= 0.6 is 0 Å². The first kappa shape index (κ1) is 12.0. The van der Waals surface area contributed by atoms with Crippen molar-refractivity contribution in [2.75, 3.05) is 0 Å². The second kappa shape index (κ2) is 5.26. The molecule has 1 saturated carbocycles. The lowest BCUT2D eigenvalue weighted by Gasteiger charge is -2.05. The zero-order chi connectivity index (χ0) is 13.1. The minimum absolute atomic E-state index is 0.137. The van der Waals surface area contributed by atoms with Crippen molar-refractivity contribution in [3.63, 3.8) is 0 Å². The summed E-state index contributed by atoms with van der Waals surface area (Å²) in [5.74, 6) is 1.52. The molecule has 0 spiro atoms. The van der Waals surface area contributed by atoms with Crippen LogP contribution in [0, 0.1) is 5.92 Å². The molecular weight excluding hydrogens is 240 g/mol. The van der Waals surface area contributed by atoms with E-state index in [2.05, 4.69) is 10.3 Å². The predicted molar refractivity (Wildman–Crippen MR) is 71.1 cm³/mol. The molecule has 2 heterocycles. The molecule has 0 bridgehead atoms. The Kier molecular flexibility index (Phi) is 3.31. The number of rotatable bonds is 5. The molecule has 2 aromatic rings. The zero-order valence-electron chi connectivity index (χ0n) is 10.6. The van der Waals surface area contributed by atoms with Crippen molar-refractivity contribution in [1.29, 1.82) is 0 Å². The van der Waals surface area contributed by atoms with E-state index in [4.69, 9.17) is 4.42 Å². The highest BCUT2D eigenvalue weighted by atomic mass is 16.3. The van der Waals surface area contributed by atoms with E-state index in [0.29, 0.717) is 18.9 Å². The quantitative estimate of drug-likeness (QED) is 0.895. The van der Waals surface area contributed by atoms with Gasteiger partial charge in [0.25, 0.3) is 0 Å².